The molecule has 0 heterocycles. The van der Waals surface area contributed by atoms with Crippen molar-refractivity contribution in [3.63, 3.8) is 0 Å². The summed E-state index contributed by atoms with van der Waals surface area (Å²) < 4.78 is 0. The van der Waals surface area contributed by atoms with E-state index in [0.717, 1.165) is 31.2 Å². The Labute approximate surface area is 203 Å². The summed E-state index contributed by atoms with van der Waals surface area (Å²) in [7, 11) is 0. The van der Waals surface area contributed by atoms with Gasteiger partial charge in [-0.3, -0.25) is 15.0 Å². The van der Waals surface area contributed by atoms with Gasteiger partial charge >= 0.3 is 0 Å². The molecule has 1 fully saturated rings. The predicted molar refractivity (Wildman–Crippen MR) is 137 cm³/mol. The normalized spacial score (nSPS) is 15.9. The summed E-state index contributed by atoms with van der Waals surface area (Å²) in [6, 6.07) is 17.7. The lowest BCUT2D eigenvalue weighted by Crippen LogP contribution is -2.45. The predicted octanol–water partition coefficient (Wildman–Crippen LogP) is 4.11. The van der Waals surface area contributed by atoms with E-state index in [2.05, 4.69) is 22.8 Å². The number of amides is 1. The number of hydrogen-bond acceptors (Lipinski definition) is 4. The standard InChI is InChI=1S/C28H38N4O2/c1-20(28(34)31-19-22-12-15-23(16-13-22)27(29)30)18-26(33)25(32-24-10-6-3-7-11-24)17-14-21-8-4-2-5-9-21/h2,4-5,8-9,12-13,15-16,20,24-25,32H,3,6-7,10-11,14,17-19H2,1H3,(H3,29,30)(H,31,34)/t20-,25-/m1/s1. The monoisotopic (exact) mass is 462 g/mol. The number of nitrogens with one attached hydrogen (secondary N) is 3. The van der Waals surface area contributed by atoms with Crippen LogP contribution in [-0.2, 0) is 22.6 Å². The Balaban J connectivity index is 1.53. The second-order valence-electron chi connectivity index (χ2n) is 9.48. The molecular weight excluding hydrogens is 424 g/mol. The molecule has 3 rings (SSSR count). The van der Waals surface area contributed by atoms with Crippen LogP contribution in [0.5, 0.6) is 0 Å². The van der Waals surface area contributed by atoms with Crippen LogP contribution in [-0.4, -0.2) is 29.6 Å². The minimum Gasteiger partial charge on any atom is -0.384 e. The lowest BCUT2D eigenvalue weighted by Gasteiger charge is -2.28. The highest BCUT2D eigenvalue weighted by molar-refractivity contribution is 5.94. The summed E-state index contributed by atoms with van der Waals surface area (Å²) >= 11 is 0. The van der Waals surface area contributed by atoms with E-state index in [9.17, 15) is 9.59 Å². The number of nitrogens with two attached hydrogens (primary N) is 1. The van der Waals surface area contributed by atoms with E-state index in [1.165, 1.54) is 24.8 Å². The van der Waals surface area contributed by atoms with Crippen LogP contribution < -0.4 is 16.4 Å². The highest BCUT2D eigenvalue weighted by Crippen LogP contribution is 2.20. The number of aryl methyl sites for hydroxylation is 1. The van der Waals surface area contributed by atoms with E-state index < -0.39 is 5.92 Å². The number of carbonyl (C=O) groups excluding carboxylic acids is 2. The fraction of sp³-hybridized carbons (Fsp3) is 0.464. The van der Waals surface area contributed by atoms with Gasteiger partial charge in [0.1, 0.15) is 5.84 Å². The molecule has 2 aromatic carbocycles. The molecular formula is C28H38N4O2. The molecule has 0 aromatic heterocycles. The van der Waals surface area contributed by atoms with E-state index in [1.807, 2.05) is 37.3 Å². The van der Waals surface area contributed by atoms with E-state index in [1.54, 1.807) is 12.1 Å². The first-order chi connectivity index (χ1) is 16.4. The molecule has 0 radical (unpaired) electrons. The second-order valence-corrected chi connectivity index (χ2v) is 9.48. The van der Waals surface area contributed by atoms with Gasteiger partial charge in [0.2, 0.25) is 5.91 Å². The molecule has 6 heteroatoms. The molecule has 0 saturated heterocycles. The molecule has 0 spiro atoms. The van der Waals surface area contributed by atoms with Gasteiger partial charge in [0.25, 0.3) is 0 Å². The molecule has 182 valence electrons. The summed E-state index contributed by atoms with van der Waals surface area (Å²) in [5.41, 5.74) is 8.30. The molecule has 1 saturated carbocycles. The maximum Gasteiger partial charge on any atom is 0.223 e. The molecule has 2 aromatic rings. The van der Waals surface area contributed by atoms with Gasteiger partial charge in [0.05, 0.1) is 6.04 Å². The highest BCUT2D eigenvalue weighted by atomic mass is 16.2. The number of Topliss-reactive ketones (excluding diaryl/α,β-unsaturated/α-hetero) is 1. The lowest BCUT2D eigenvalue weighted by molar-refractivity contribution is -0.130. The SMILES string of the molecule is C[C@H](CC(=O)[C@@H](CCc1ccccc1)NC1CCCCC1)C(=O)NCc1ccc(C(=N)N)cc1. The van der Waals surface area contributed by atoms with Gasteiger partial charge in [-0.25, -0.2) is 0 Å². The van der Waals surface area contributed by atoms with Crippen LogP contribution in [0, 0.1) is 11.3 Å². The largest absolute Gasteiger partial charge is 0.384 e. The minimum absolute atomic E-state index is 0.0198. The molecule has 5 N–H and O–H groups in total. The number of nitrogen functional groups attached to an aromatic ring is 1. The van der Waals surface area contributed by atoms with Crippen LogP contribution in [0.15, 0.2) is 54.6 Å². The summed E-state index contributed by atoms with van der Waals surface area (Å²) in [6.07, 6.45) is 7.75. The zero-order valence-corrected chi connectivity index (χ0v) is 20.2. The first-order valence-electron chi connectivity index (χ1n) is 12.5. The van der Waals surface area contributed by atoms with Gasteiger partial charge in [0.15, 0.2) is 5.78 Å². The maximum absolute atomic E-state index is 13.3. The third kappa shape index (κ3) is 8.10. The van der Waals surface area contributed by atoms with Crippen molar-refractivity contribution in [3.05, 3.63) is 71.3 Å². The highest BCUT2D eigenvalue weighted by Gasteiger charge is 2.26. The van der Waals surface area contributed by atoms with Gasteiger partial charge in [-0.2, -0.15) is 0 Å². The number of hydrogen-bond donors (Lipinski definition) is 4. The number of amidine groups is 1. The summed E-state index contributed by atoms with van der Waals surface area (Å²) in [6.45, 7) is 2.20. The van der Waals surface area contributed by atoms with E-state index in [4.69, 9.17) is 11.1 Å². The molecule has 0 bridgehead atoms. The van der Waals surface area contributed by atoms with Crippen LogP contribution in [0.2, 0.25) is 0 Å². The minimum atomic E-state index is -0.392. The first-order valence-corrected chi connectivity index (χ1v) is 12.5. The van der Waals surface area contributed by atoms with Crippen molar-refractivity contribution in [3.8, 4) is 0 Å². The van der Waals surface area contributed by atoms with Gasteiger partial charge in [0, 0.05) is 30.5 Å². The summed E-state index contributed by atoms with van der Waals surface area (Å²) in [5, 5.41) is 14.0. The van der Waals surface area contributed by atoms with Gasteiger partial charge in [-0.05, 0) is 36.8 Å². The number of rotatable bonds is 12. The van der Waals surface area contributed by atoms with Crippen molar-refractivity contribution in [2.75, 3.05) is 0 Å². The molecule has 2 atom stereocenters. The van der Waals surface area contributed by atoms with Crippen LogP contribution in [0.25, 0.3) is 0 Å². The molecule has 1 amide bonds. The van der Waals surface area contributed by atoms with Crippen LogP contribution in [0.4, 0.5) is 0 Å². The average Bonchev–Trinajstić information content (AvgIpc) is 2.86. The van der Waals surface area contributed by atoms with Gasteiger partial charge < -0.3 is 16.4 Å². The van der Waals surface area contributed by atoms with Crippen molar-refractivity contribution in [2.45, 2.75) is 76.9 Å². The Bertz CT molecular complexity index is 937. The van der Waals surface area contributed by atoms with Gasteiger partial charge in [-0.15, -0.1) is 0 Å². The zero-order valence-electron chi connectivity index (χ0n) is 20.2. The molecule has 1 aliphatic rings. The van der Waals surface area contributed by atoms with Crippen molar-refractivity contribution in [1.29, 1.82) is 5.41 Å². The summed E-state index contributed by atoms with van der Waals surface area (Å²) in [4.78, 5) is 25.9. The Morgan fingerprint density at radius 2 is 1.68 bits per heavy atom. The van der Waals surface area contributed by atoms with Gasteiger partial charge in [-0.1, -0.05) is 80.8 Å². The van der Waals surface area contributed by atoms with Crippen molar-refractivity contribution >= 4 is 17.5 Å². The number of carbonyl (C=O) groups is 2. The van der Waals surface area contributed by atoms with Crippen LogP contribution in [0.1, 0.15) is 68.6 Å². The van der Waals surface area contributed by atoms with E-state index in [0.29, 0.717) is 18.2 Å². The third-order valence-corrected chi connectivity index (χ3v) is 6.68. The maximum atomic E-state index is 13.3. The summed E-state index contributed by atoms with van der Waals surface area (Å²) in [5.74, 6) is -0.374. The Hall–Kier alpha value is -2.99. The van der Waals surface area contributed by atoms with Crippen LogP contribution in [0.3, 0.4) is 0 Å². The van der Waals surface area contributed by atoms with Crippen LogP contribution >= 0.6 is 0 Å². The first kappa shape index (κ1) is 25.6. The van der Waals surface area contributed by atoms with Crippen molar-refractivity contribution in [2.24, 2.45) is 11.7 Å². The van der Waals surface area contributed by atoms with Crippen molar-refractivity contribution in [1.82, 2.24) is 10.6 Å². The lowest BCUT2D eigenvalue weighted by atomic mass is 9.91. The quantitative estimate of drug-likeness (QED) is 0.281. The average molecular weight is 463 g/mol. The Morgan fingerprint density at radius 3 is 2.32 bits per heavy atom. The number of ketones is 1. The smallest absolute Gasteiger partial charge is 0.223 e. The molecule has 1 aliphatic carbocycles. The molecule has 34 heavy (non-hydrogen) atoms. The zero-order chi connectivity index (χ0) is 24.3. The topological polar surface area (TPSA) is 108 Å². The van der Waals surface area contributed by atoms with Crippen molar-refractivity contribution < 1.29 is 9.59 Å². The second kappa shape index (κ2) is 13.0. The molecule has 0 unspecified atom stereocenters. The third-order valence-electron chi connectivity index (χ3n) is 6.68. The van der Waals surface area contributed by atoms with E-state index >= 15 is 0 Å². The fourth-order valence-electron chi connectivity index (χ4n) is 4.55. The fourth-order valence-corrected chi connectivity index (χ4v) is 4.55. The number of benzene rings is 2. The Kier molecular flexibility index (Phi) is 9.83. The molecule has 0 aliphatic heterocycles. The molecule has 6 nitrogen and oxygen atoms in total. The van der Waals surface area contributed by atoms with E-state index in [-0.39, 0.29) is 30.0 Å². The Morgan fingerprint density at radius 1 is 1.00 bits per heavy atom.